The zero-order chi connectivity index (χ0) is 14.6. The molecule has 114 valence electrons. The lowest BCUT2D eigenvalue weighted by Gasteiger charge is -2.30. The summed E-state index contributed by atoms with van der Waals surface area (Å²) in [6.07, 6.45) is 5.02. The third-order valence-electron chi connectivity index (χ3n) is 3.84. The van der Waals surface area contributed by atoms with Crippen molar-refractivity contribution in [2.24, 2.45) is 5.92 Å². The number of nitrogens with one attached hydrogen (secondary N) is 1. The van der Waals surface area contributed by atoms with E-state index >= 15 is 0 Å². The predicted octanol–water partition coefficient (Wildman–Crippen LogP) is 0.913. The number of aromatic nitrogens is 2. The van der Waals surface area contributed by atoms with Crippen molar-refractivity contribution in [2.75, 3.05) is 26.2 Å². The van der Waals surface area contributed by atoms with Crippen LogP contribution in [0.3, 0.4) is 0 Å². The first-order chi connectivity index (χ1) is 9.57. The van der Waals surface area contributed by atoms with E-state index < -0.39 is 10.0 Å². The van der Waals surface area contributed by atoms with Gasteiger partial charge in [0.1, 0.15) is 0 Å². The fourth-order valence-electron chi connectivity index (χ4n) is 2.48. The summed E-state index contributed by atoms with van der Waals surface area (Å²) < 4.78 is 28.3. The van der Waals surface area contributed by atoms with Crippen LogP contribution in [0.5, 0.6) is 0 Å². The van der Waals surface area contributed by atoms with Crippen LogP contribution < -0.4 is 5.32 Å². The van der Waals surface area contributed by atoms with Gasteiger partial charge in [-0.25, -0.2) is 13.4 Å². The summed E-state index contributed by atoms with van der Waals surface area (Å²) in [5, 5.41) is 3.50. The zero-order valence-corrected chi connectivity index (χ0v) is 13.1. The van der Waals surface area contributed by atoms with Gasteiger partial charge in [0, 0.05) is 25.8 Å². The molecular formula is C13H24N4O2S. The van der Waals surface area contributed by atoms with Crippen molar-refractivity contribution in [1.29, 1.82) is 0 Å². The van der Waals surface area contributed by atoms with E-state index in [4.69, 9.17) is 0 Å². The van der Waals surface area contributed by atoms with Crippen molar-refractivity contribution < 1.29 is 8.42 Å². The molecule has 1 aromatic heterocycles. The summed E-state index contributed by atoms with van der Waals surface area (Å²) >= 11 is 0. The Hall–Kier alpha value is -0.920. The van der Waals surface area contributed by atoms with Crippen LogP contribution in [0.2, 0.25) is 0 Å². The molecular weight excluding hydrogens is 276 g/mol. The minimum Gasteiger partial charge on any atom is -0.336 e. The standard InChI is InChI=1S/C13H24N4O2S/c1-3-14-9-12-5-7-17(8-6-12)20(18,19)13-10-16(4-2)11-15-13/h10-12,14H,3-9H2,1-2H3. The second-order valence-corrected chi connectivity index (χ2v) is 7.08. The molecule has 2 rings (SSSR count). The van der Waals surface area contributed by atoms with Gasteiger partial charge in [-0.3, -0.25) is 0 Å². The summed E-state index contributed by atoms with van der Waals surface area (Å²) in [5.41, 5.74) is 0. The largest absolute Gasteiger partial charge is 0.336 e. The van der Waals surface area contributed by atoms with E-state index in [1.165, 1.54) is 0 Å². The van der Waals surface area contributed by atoms with Crippen molar-refractivity contribution in [1.82, 2.24) is 19.2 Å². The Morgan fingerprint density at radius 3 is 2.60 bits per heavy atom. The molecule has 1 saturated heterocycles. The lowest BCUT2D eigenvalue weighted by molar-refractivity contribution is 0.268. The minimum atomic E-state index is -3.41. The molecule has 0 bridgehead atoms. The molecule has 0 aliphatic carbocycles. The van der Waals surface area contributed by atoms with Crippen molar-refractivity contribution in [3.63, 3.8) is 0 Å². The first-order valence-corrected chi connectivity index (χ1v) is 8.74. The van der Waals surface area contributed by atoms with Gasteiger partial charge in [0.15, 0.2) is 5.03 Å². The minimum absolute atomic E-state index is 0.171. The van der Waals surface area contributed by atoms with Crippen molar-refractivity contribution >= 4 is 10.0 Å². The Morgan fingerprint density at radius 1 is 1.35 bits per heavy atom. The third-order valence-corrected chi connectivity index (χ3v) is 5.62. The lowest BCUT2D eigenvalue weighted by Crippen LogP contribution is -2.40. The number of hydrogen-bond acceptors (Lipinski definition) is 4. The average molecular weight is 300 g/mol. The Morgan fingerprint density at radius 2 is 2.05 bits per heavy atom. The Balaban J connectivity index is 1.98. The zero-order valence-electron chi connectivity index (χ0n) is 12.2. The lowest BCUT2D eigenvalue weighted by atomic mass is 9.98. The van der Waals surface area contributed by atoms with Crippen LogP contribution in [0.4, 0.5) is 0 Å². The van der Waals surface area contributed by atoms with Crippen LogP contribution in [0.25, 0.3) is 0 Å². The fraction of sp³-hybridized carbons (Fsp3) is 0.769. The highest BCUT2D eigenvalue weighted by atomic mass is 32.2. The van der Waals surface area contributed by atoms with E-state index in [1.807, 2.05) is 6.92 Å². The van der Waals surface area contributed by atoms with Gasteiger partial charge < -0.3 is 9.88 Å². The van der Waals surface area contributed by atoms with E-state index in [0.717, 1.165) is 32.5 Å². The van der Waals surface area contributed by atoms with Gasteiger partial charge in [-0.15, -0.1) is 0 Å². The molecule has 0 unspecified atom stereocenters. The van der Waals surface area contributed by atoms with Gasteiger partial charge in [-0.2, -0.15) is 4.31 Å². The maximum Gasteiger partial charge on any atom is 0.262 e. The maximum absolute atomic E-state index is 12.5. The van der Waals surface area contributed by atoms with Crippen LogP contribution in [0.15, 0.2) is 17.6 Å². The first-order valence-electron chi connectivity index (χ1n) is 7.30. The van der Waals surface area contributed by atoms with Crippen LogP contribution >= 0.6 is 0 Å². The fourth-order valence-corrected chi connectivity index (χ4v) is 3.89. The summed E-state index contributed by atoms with van der Waals surface area (Å²) in [6.45, 7) is 7.91. The Bertz CT molecular complexity index is 518. The predicted molar refractivity (Wildman–Crippen MR) is 77.9 cm³/mol. The molecule has 2 heterocycles. The number of sulfonamides is 1. The molecule has 1 aliphatic heterocycles. The Kier molecular flexibility index (Phi) is 5.17. The van der Waals surface area contributed by atoms with Gasteiger partial charge in [0.25, 0.3) is 10.0 Å². The molecule has 0 spiro atoms. The molecule has 0 amide bonds. The summed E-state index contributed by atoms with van der Waals surface area (Å²) in [4.78, 5) is 4.02. The highest BCUT2D eigenvalue weighted by Gasteiger charge is 2.30. The quantitative estimate of drug-likeness (QED) is 0.848. The van der Waals surface area contributed by atoms with Crippen LogP contribution in [-0.4, -0.2) is 48.5 Å². The number of hydrogen-bond donors (Lipinski definition) is 1. The monoisotopic (exact) mass is 300 g/mol. The van der Waals surface area contributed by atoms with Gasteiger partial charge in [0.05, 0.1) is 6.33 Å². The number of aryl methyl sites for hydroxylation is 1. The van der Waals surface area contributed by atoms with Gasteiger partial charge in [0.2, 0.25) is 0 Å². The van der Waals surface area contributed by atoms with E-state index in [9.17, 15) is 8.42 Å². The average Bonchev–Trinajstić information content (AvgIpc) is 2.95. The molecule has 6 nitrogen and oxygen atoms in total. The van der Waals surface area contributed by atoms with Crippen LogP contribution in [0, 0.1) is 5.92 Å². The van der Waals surface area contributed by atoms with E-state index in [1.54, 1.807) is 21.4 Å². The molecule has 0 atom stereocenters. The van der Waals surface area contributed by atoms with Gasteiger partial charge >= 0.3 is 0 Å². The molecule has 0 saturated carbocycles. The van der Waals surface area contributed by atoms with Crippen LogP contribution in [0.1, 0.15) is 26.7 Å². The third kappa shape index (κ3) is 3.39. The van der Waals surface area contributed by atoms with E-state index in [-0.39, 0.29) is 5.03 Å². The van der Waals surface area contributed by atoms with Crippen molar-refractivity contribution in [2.45, 2.75) is 38.3 Å². The first kappa shape index (κ1) is 15.5. The normalized spacial score (nSPS) is 18.5. The highest BCUT2D eigenvalue weighted by Crippen LogP contribution is 2.22. The summed E-state index contributed by atoms with van der Waals surface area (Å²) in [7, 11) is -3.41. The van der Waals surface area contributed by atoms with Gasteiger partial charge in [-0.1, -0.05) is 6.92 Å². The highest BCUT2D eigenvalue weighted by molar-refractivity contribution is 7.89. The molecule has 1 aromatic rings. The summed E-state index contributed by atoms with van der Waals surface area (Å²) in [5.74, 6) is 0.578. The SMILES string of the molecule is CCNCC1CCN(S(=O)(=O)c2cn(CC)cn2)CC1. The topological polar surface area (TPSA) is 67.2 Å². The number of imidazole rings is 1. The van der Waals surface area contributed by atoms with Gasteiger partial charge in [-0.05, 0) is 38.8 Å². The molecule has 1 fully saturated rings. The second kappa shape index (κ2) is 6.69. The van der Waals surface area contributed by atoms with Crippen LogP contribution in [-0.2, 0) is 16.6 Å². The molecule has 1 N–H and O–H groups in total. The van der Waals surface area contributed by atoms with Crippen molar-refractivity contribution in [3.05, 3.63) is 12.5 Å². The molecule has 1 aliphatic rings. The summed E-state index contributed by atoms with van der Waals surface area (Å²) in [6, 6.07) is 0. The van der Waals surface area contributed by atoms with E-state index in [2.05, 4.69) is 17.2 Å². The Labute approximate surface area is 121 Å². The molecule has 20 heavy (non-hydrogen) atoms. The van der Waals surface area contributed by atoms with E-state index in [0.29, 0.717) is 19.0 Å². The van der Waals surface area contributed by atoms with Crippen molar-refractivity contribution in [3.8, 4) is 0 Å². The second-order valence-electron chi connectivity index (χ2n) is 5.20. The maximum atomic E-state index is 12.5. The molecule has 0 aromatic carbocycles. The smallest absolute Gasteiger partial charge is 0.262 e. The number of piperidine rings is 1. The molecule has 0 radical (unpaired) electrons. The number of nitrogens with zero attached hydrogens (tertiary/aromatic N) is 3. The molecule has 7 heteroatoms. The number of rotatable bonds is 6.